The lowest BCUT2D eigenvalue weighted by atomic mass is 10.0. The highest BCUT2D eigenvalue weighted by Crippen LogP contribution is 2.19. The van der Waals surface area contributed by atoms with E-state index in [9.17, 15) is 9.59 Å². The van der Waals surface area contributed by atoms with E-state index in [-0.39, 0.29) is 11.8 Å². The second-order valence-electron chi connectivity index (χ2n) is 7.45. The predicted molar refractivity (Wildman–Crippen MR) is 133 cm³/mol. The molecule has 0 spiro atoms. The van der Waals surface area contributed by atoms with Crippen molar-refractivity contribution in [3.8, 4) is 0 Å². The van der Waals surface area contributed by atoms with Crippen LogP contribution in [0.25, 0.3) is 0 Å². The Bertz CT molecular complexity index is 997. The largest absolute Gasteiger partial charge is 0.357 e. The number of hydrogen-bond donors (Lipinski definition) is 1. The van der Waals surface area contributed by atoms with Gasteiger partial charge < -0.3 is 10.2 Å². The molecule has 1 unspecified atom stereocenters. The first-order chi connectivity index (χ1) is 15.6. The fourth-order valence-corrected chi connectivity index (χ4v) is 4.42. The average molecular weight is 467 g/mol. The van der Waals surface area contributed by atoms with Crippen molar-refractivity contribution in [3.05, 3.63) is 107 Å². The van der Waals surface area contributed by atoms with Gasteiger partial charge in [0.15, 0.2) is 0 Å². The maximum absolute atomic E-state index is 13.4. The van der Waals surface area contributed by atoms with Crippen LogP contribution in [0.3, 0.4) is 0 Å². The Kier molecular flexibility index (Phi) is 9.20. The Morgan fingerprint density at radius 2 is 1.47 bits per heavy atom. The van der Waals surface area contributed by atoms with Crippen molar-refractivity contribution in [1.29, 1.82) is 0 Å². The van der Waals surface area contributed by atoms with E-state index in [1.54, 1.807) is 35.8 Å². The van der Waals surface area contributed by atoms with Crippen LogP contribution in [0.2, 0.25) is 5.02 Å². The summed E-state index contributed by atoms with van der Waals surface area (Å²) in [6.07, 6.45) is 0.448. The third-order valence-corrected chi connectivity index (χ3v) is 6.36. The van der Waals surface area contributed by atoms with E-state index in [0.717, 1.165) is 16.9 Å². The Morgan fingerprint density at radius 1 is 0.875 bits per heavy atom. The summed E-state index contributed by atoms with van der Waals surface area (Å²) < 4.78 is 0. The van der Waals surface area contributed by atoms with Gasteiger partial charge in [-0.2, -0.15) is 0 Å². The summed E-state index contributed by atoms with van der Waals surface area (Å²) in [6, 6.07) is 26.6. The van der Waals surface area contributed by atoms with Gasteiger partial charge in [-0.1, -0.05) is 84.4 Å². The molecule has 3 aromatic carbocycles. The predicted octanol–water partition coefficient (Wildman–Crippen LogP) is 4.96. The van der Waals surface area contributed by atoms with Crippen LogP contribution in [0.4, 0.5) is 0 Å². The van der Waals surface area contributed by atoms with Crippen molar-refractivity contribution in [2.75, 3.05) is 12.8 Å². The highest BCUT2D eigenvalue weighted by Gasteiger charge is 2.29. The molecular formula is C26H27ClN2O2S. The van der Waals surface area contributed by atoms with E-state index in [1.807, 2.05) is 72.8 Å². The van der Waals surface area contributed by atoms with Gasteiger partial charge in [0, 0.05) is 30.8 Å². The molecule has 2 amide bonds. The number of hydrogen-bond acceptors (Lipinski definition) is 3. The molecule has 0 aliphatic heterocycles. The summed E-state index contributed by atoms with van der Waals surface area (Å²) in [5.41, 5.74) is 3.10. The summed E-state index contributed by atoms with van der Waals surface area (Å²) in [5, 5.41) is 3.37. The molecule has 0 fully saturated rings. The third-order valence-electron chi connectivity index (χ3n) is 5.12. The SMILES string of the molecule is CNC(=O)C(Cc1ccccc1)N(Cc1ccc(Cl)cc1)C(=O)CSCc1ccccc1. The van der Waals surface area contributed by atoms with E-state index >= 15 is 0 Å². The molecule has 0 aromatic heterocycles. The van der Waals surface area contributed by atoms with Gasteiger partial charge in [-0.05, 0) is 28.8 Å². The molecule has 32 heavy (non-hydrogen) atoms. The van der Waals surface area contributed by atoms with E-state index in [1.165, 1.54) is 5.56 Å². The fourth-order valence-electron chi connectivity index (χ4n) is 3.42. The van der Waals surface area contributed by atoms with Gasteiger partial charge in [0.25, 0.3) is 0 Å². The second-order valence-corrected chi connectivity index (χ2v) is 8.87. The highest BCUT2D eigenvalue weighted by molar-refractivity contribution is 7.99. The van der Waals surface area contributed by atoms with Crippen LogP contribution in [0, 0.1) is 0 Å². The van der Waals surface area contributed by atoms with Crippen molar-refractivity contribution in [2.45, 2.75) is 24.8 Å². The number of halogens is 1. The molecular weight excluding hydrogens is 440 g/mol. The number of carbonyl (C=O) groups is 2. The molecule has 1 N–H and O–H groups in total. The average Bonchev–Trinajstić information content (AvgIpc) is 2.83. The Balaban J connectivity index is 1.80. The molecule has 0 radical (unpaired) electrons. The molecule has 0 saturated carbocycles. The summed E-state index contributed by atoms with van der Waals surface area (Å²) in [6.45, 7) is 0.340. The molecule has 3 rings (SSSR count). The van der Waals surface area contributed by atoms with Crippen molar-refractivity contribution in [2.24, 2.45) is 0 Å². The van der Waals surface area contributed by atoms with Gasteiger partial charge in [0.05, 0.1) is 5.75 Å². The lowest BCUT2D eigenvalue weighted by molar-refractivity contribution is -0.139. The first-order valence-corrected chi connectivity index (χ1v) is 12.0. The maximum atomic E-state index is 13.4. The number of thioether (sulfide) groups is 1. The van der Waals surface area contributed by atoms with Crippen molar-refractivity contribution in [3.63, 3.8) is 0 Å². The molecule has 166 valence electrons. The zero-order valence-electron chi connectivity index (χ0n) is 18.0. The minimum atomic E-state index is -0.608. The summed E-state index contributed by atoms with van der Waals surface area (Å²) >= 11 is 7.59. The number of nitrogens with zero attached hydrogens (tertiary/aromatic N) is 1. The summed E-state index contributed by atoms with van der Waals surface area (Å²) in [4.78, 5) is 27.9. The monoisotopic (exact) mass is 466 g/mol. The van der Waals surface area contributed by atoms with Crippen LogP contribution in [-0.4, -0.2) is 35.6 Å². The topological polar surface area (TPSA) is 49.4 Å². The first-order valence-electron chi connectivity index (χ1n) is 10.5. The Hall–Kier alpha value is -2.76. The van der Waals surface area contributed by atoms with Crippen molar-refractivity contribution >= 4 is 35.2 Å². The van der Waals surface area contributed by atoms with Gasteiger partial charge >= 0.3 is 0 Å². The van der Waals surface area contributed by atoms with Gasteiger partial charge in [0.1, 0.15) is 6.04 Å². The van der Waals surface area contributed by atoms with Crippen LogP contribution in [0.15, 0.2) is 84.9 Å². The van der Waals surface area contributed by atoms with Crippen molar-refractivity contribution < 1.29 is 9.59 Å². The zero-order chi connectivity index (χ0) is 22.8. The van der Waals surface area contributed by atoms with Crippen LogP contribution < -0.4 is 5.32 Å². The van der Waals surface area contributed by atoms with E-state index in [2.05, 4.69) is 5.32 Å². The summed E-state index contributed by atoms with van der Waals surface area (Å²) in [7, 11) is 1.61. The number of carbonyl (C=O) groups excluding carboxylic acids is 2. The maximum Gasteiger partial charge on any atom is 0.242 e. The van der Waals surface area contributed by atoms with E-state index in [4.69, 9.17) is 11.6 Å². The molecule has 4 nitrogen and oxygen atoms in total. The normalized spacial score (nSPS) is 11.6. The molecule has 0 aliphatic carbocycles. The Morgan fingerprint density at radius 3 is 2.06 bits per heavy atom. The molecule has 0 aliphatic rings. The van der Waals surface area contributed by atoms with E-state index < -0.39 is 6.04 Å². The van der Waals surface area contributed by atoms with Gasteiger partial charge in [-0.3, -0.25) is 9.59 Å². The lowest BCUT2D eigenvalue weighted by Crippen LogP contribution is -2.50. The second kappa shape index (κ2) is 12.3. The molecule has 1 atom stereocenters. The van der Waals surface area contributed by atoms with Gasteiger partial charge in [0.2, 0.25) is 11.8 Å². The van der Waals surface area contributed by atoms with Gasteiger partial charge in [-0.15, -0.1) is 11.8 Å². The quantitative estimate of drug-likeness (QED) is 0.459. The zero-order valence-corrected chi connectivity index (χ0v) is 19.6. The van der Waals surface area contributed by atoms with Crippen LogP contribution >= 0.6 is 23.4 Å². The first kappa shape index (κ1) is 23.9. The number of likely N-dealkylation sites (N-methyl/N-ethyl adjacent to an activating group) is 1. The van der Waals surface area contributed by atoms with Crippen LogP contribution in [-0.2, 0) is 28.3 Å². The number of rotatable bonds is 10. The third kappa shape index (κ3) is 7.14. The fraction of sp³-hybridized carbons (Fsp3) is 0.231. The Labute approximate surface area is 199 Å². The van der Waals surface area contributed by atoms with Gasteiger partial charge in [-0.25, -0.2) is 0 Å². The number of amides is 2. The van der Waals surface area contributed by atoms with Crippen LogP contribution in [0.5, 0.6) is 0 Å². The molecule has 3 aromatic rings. The molecule has 0 bridgehead atoms. The molecule has 0 heterocycles. The molecule has 0 saturated heterocycles. The number of benzene rings is 3. The number of nitrogens with one attached hydrogen (secondary N) is 1. The smallest absolute Gasteiger partial charge is 0.242 e. The minimum absolute atomic E-state index is 0.0644. The molecule has 6 heteroatoms. The van der Waals surface area contributed by atoms with Crippen molar-refractivity contribution in [1.82, 2.24) is 10.2 Å². The summed E-state index contributed by atoms with van der Waals surface area (Å²) in [5.74, 6) is 0.796. The highest BCUT2D eigenvalue weighted by atomic mass is 35.5. The standard InChI is InChI=1S/C26H27ClN2O2S/c1-28-26(31)24(16-20-8-4-2-5-9-20)29(17-21-12-14-23(27)15-13-21)25(30)19-32-18-22-10-6-3-7-11-22/h2-15,24H,16-19H2,1H3,(H,28,31). The lowest BCUT2D eigenvalue weighted by Gasteiger charge is -2.31. The van der Waals surface area contributed by atoms with E-state index in [0.29, 0.717) is 23.7 Å². The minimum Gasteiger partial charge on any atom is -0.357 e. The van der Waals surface area contributed by atoms with Crippen LogP contribution in [0.1, 0.15) is 16.7 Å².